The lowest BCUT2D eigenvalue weighted by Gasteiger charge is -2.02. The maximum absolute atomic E-state index is 11.1. The minimum absolute atomic E-state index is 0.257. The molecular weight excluding hydrogens is 202 g/mol. The molecule has 0 bridgehead atoms. The Balaban J connectivity index is 2.72. The van der Waals surface area contributed by atoms with E-state index in [4.69, 9.17) is 17.3 Å². The highest BCUT2D eigenvalue weighted by atomic mass is 35.5. The first kappa shape index (κ1) is 9.02. The topological polar surface area (TPSA) is 71.8 Å². The Labute approximate surface area is 85.1 Å². The lowest BCUT2D eigenvalue weighted by molar-refractivity contribution is 0.1000. The van der Waals surface area contributed by atoms with Crippen LogP contribution in [0.5, 0.6) is 0 Å². The number of carbonyl (C=O) groups excluding carboxylic acids is 1. The molecule has 0 saturated heterocycles. The van der Waals surface area contributed by atoms with Crippen molar-refractivity contribution in [2.45, 2.75) is 5.88 Å². The molecule has 72 valence electrons. The molecule has 0 saturated carbocycles. The maximum Gasteiger partial charge on any atom is 0.249 e. The van der Waals surface area contributed by atoms with Gasteiger partial charge >= 0.3 is 0 Å². The zero-order valence-corrected chi connectivity index (χ0v) is 8.01. The van der Waals surface area contributed by atoms with E-state index in [0.29, 0.717) is 11.1 Å². The molecule has 2 rings (SSSR count). The van der Waals surface area contributed by atoms with Crippen LogP contribution in [-0.4, -0.2) is 15.9 Å². The molecule has 14 heavy (non-hydrogen) atoms. The number of H-pyrrole nitrogens is 1. The molecule has 0 aliphatic heterocycles. The largest absolute Gasteiger partial charge is 0.366 e. The van der Waals surface area contributed by atoms with Crippen LogP contribution in [0.3, 0.4) is 0 Å². The van der Waals surface area contributed by atoms with Crippen molar-refractivity contribution < 1.29 is 4.79 Å². The van der Waals surface area contributed by atoms with Crippen LogP contribution in [0.15, 0.2) is 18.5 Å². The Morgan fingerprint density at radius 1 is 1.57 bits per heavy atom. The second-order valence-electron chi connectivity index (χ2n) is 2.93. The minimum atomic E-state index is -0.481. The van der Waals surface area contributed by atoms with Crippen molar-refractivity contribution in [2.24, 2.45) is 5.73 Å². The van der Waals surface area contributed by atoms with Crippen LogP contribution in [0, 0.1) is 0 Å². The van der Waals surface area contributed by atoms with Crippen molar-refractivity contribution in [3.63, 3.8) is 0 Å². The molecule has 0 spiro atoms. The van der Waals surface area contributed by atoms with Crippen LogP contribution >= 0.6 is 11.6 Å². The molecule has 3 N–H and O–H groups in total. The van der Waals surface area contributed by atoms with E-state index in [1.165, 1.54) is 0 Å². The fourth-order valence-electron chi connectivity index (χ4n) is 1.37. The molecule has 1 aromatic carbocycles. The van der Waals surface area contributed by atoms with E-state index in [9.17, 15) is 4.79 Å². The van der Waals surface area contributed by atoms with E-state index < -0.39 is 5.91 Å². The van der Waals surface area contributed by atoms with Gasteiger partial charge in [-0.1, -0.05) is 0 Å². The first-order chi connectivity index (χ1) is 6.72. The molecule has 2 aromatic rings. The molecule has 0 aliphatic rings. The second-order valence-corrected chi connectivity index (χ2v) is 3.19. The summed E-state index contributed by atoms with van der Waals surface area (Å²) in [7, 11) is 0. The maximum atomic E-state index is 11.1. The summed E-state index contributed by atoms with van der Waals surface area (Å²) in [6.07, 6.45) is 1.56. The van der Waals surface area contributed by atoms with Crippen LogP contribution in [0.4, 0.5) is 0 Å². The summed E-state index contributed by atoms with van der Waals surface area (Å²) >= 11 is 5.70. The number of hydrogen-bond donors (Lipinski definition) is 2. The number of nitrogens with two attached hydrogens (primary N) is 1. The number of carbonyl (C=O) groups is 1. The molecule has 5 heteroatoms. The molecular formula is C9H8ClN3O. The van der Waals surface area contributed by atoms with Crippen molar-refractivity contribution >= 4 is 28.5 Å². The number of nitrogens with zero attached hydrogens (tertiary/aromatic N) is 1. The number of alkyl halides is 1. The molecule has 0 unspecified atom stereocenters. The van der Waals surface area contributed by atoms with E-state index in [1.54, 1.807) is 18.5 Å². The second kappa shape index (κ2) is 3.31. The number of hydrogen-bond acceptors (Lipinski definition) is 2. The number of nitrogens with one attached hydrogen (secondary N) is 1. The van der Waals surface area contributed by atoms with Gasteiger partial charge in [0.15, 0.2) is 0 Å². The number of amides is 1. The van der Waals surface area contributed by atoms with Gasteiger partial charge in [0.1, 0.15) is 0 Å². The van der Waals surface area contributed by atoms with E-state index in [-0.39, 0.29) is 5.88 Å². The minimum Gasteiger partial charge on any atom is -0.366 e. The van der Waals surface area contributed by atoms with Gasteiger partial charge in [-0.25, -0.2) is 4.98 Å². The van der Waals surface area contributed by atoms with Gasteiger partial charge < -0.3 is 10.7 Å². The van der Waals surface area contributed by atoms with Gasteiger partial charge in [-0.2, -0.15) is 0 Å². The van der Waals surface area contributed by atoms with Crippen LogP contribution < -0.4 is 5.73 Å². The first-order valence-corrected chi connectivity index (χ1v) is 4.57. The third-order valence-electron chi connectivity index (χ3n) is 2.05. The number of rotatable bonds is 2. The van der Waals surface area contributed by atoms with Gasteiger partial charge in [0, 0.05) is 11.4 Å². The molecule has 0 atom stereocenters. The normalized spacial score (nSPS) is 10.6. The van der Waals surface area contributed by atoms with Crippen molar-refractivity contribution in [2.75, 3.05) is 0 Å². The summed E-state index contributed by atoms with van der Waals surface area (Å²) in [5.41, 5.74) is 7.93. The SMILES string of the molecule is NC(=O)c1cc2nc[nH]c2cc1CCl. The quantitative estimate of drug-likeness (QED) is 0.734. The fourth-order valence-corrected chi connectivity index (χ4v) is 1.59. The van der Waals surface area contributed by atoms with Crippen molar-refractivity contribution in [3.05, 3.63) is 29.6 Å². The summed E-state index contributed by atoms with van der Waals surface area (Å²) in [6.45, 7) is 0. The number of halogens is 1. The summed E-state index contributed by atoms with van der Waals surface area (Å²) < 4.78 is 0. The molecule has 1 heterocycles. The average molecular weight is 210 g/mol. The summed E-state index contributed by atoms with van der Waals surface area (Å²) in [5.74, 6) is -0.224. The number of imidazole rings is 1. The molecule has 1 aromatic heterocycles. The molecule has 1 amide bonds. The zero-order chi connectivity index (χ0) is 10.1. The van der Waals surface area contributed by atoms with E-state index in [1.807, 2.05) is 0 Å². The Morgan fingerprint density at radius 2 is 2.36 bits per heavy atom. The van der Waals surface area contributed by atoms with Crippen LogP contribution in [0.25, 0.3) is 11.0 Å². The van der Waals surface area contributed by atoms with E-state index >= 15 is 0 Å². The van der Waals surface area contributed by atoms with Gasteiger partial charge in [-0.3, -0.25) is 4.79 Å². The number of aromatic amines is 1. The highest BCUT2D eigenvalue weighted by molar-refractivity contribution is 6.18. The summed E-state index contributed by atoms with van der Waals surface area (Å²) in [5, 5.41) is 0. The standard InChI is InChI=1S/C9H8ClN3O/c10-3-5-1-7-8(13-4-12-7)2-6(5)9(11)14/h1-2,4H,3H2,(H2,11,14)(H,12,13). The smallest absolute Gasteiger partial charge is 0.249 e. The lowest BCUT2D eigenvalue weighted by atomic mass is 10.1. The highest BCUT2D eigenvalue weighted by Crippen LogP contribution is 2.18. The lowest BCUT2D eigenvalue weighted by Crippen LogP contribution is -2.13. The Hall–Kier alpha value is -1.55. The first-order valence-electron chi connectivity index (χ1n) is 4.04. The Morgan fingerprint density at radius 3 is 3.00 bits per heavy atom. The number of aromatic nitrogens is 2. The predicted molar refractivity (Wildman–Crippen MR) is 54.2 cm³/mol. The monoisotopic (exact) mass is 209 g/mol. The molecule has 4 nitrogen and oxygen atoms in total. The highest BCUT2D eigenvalue weighted by Gasteiger charge is 2.09. The van der Waals surface area contributed by atoms with Crippen molar-refractivity contribution in [1.29, 1.82) is 0 Å². The third-order valence-corrected chi connectivity index (χ3v) is 2.34. The van der Waals surface area contributed by atoms with Crippen LogP contribution in [0.2, 0.25) is 0 Å². The predicted octanol–water partition coefficient (Wildman–Crippen LogP) is 1.40. The number of primary amides is 1. The zero-order valence-electron chi connectivity index (χ0n) is 7.25. The van der Waals surface area contributed by atoms with Gasteiger partial charge in [-0.05, 0) is 17.7 Å². The van der Waals surface area contributed by atoms with Crippen LogP contribution in [0.1, 0.15) is 15.9 Å². The van der Waals surface area contributed by atoms with Crippen molar-refractivity contribution in [3.8, 4) is 0 Å². The van der Waals surface area contributed by atoms with Crippen molar-refractivity contribution in [1.82, 2.24) is 9.97 Å². The van der Waals surface area contributed by atoms with Gasteiger partial charge in [0.05, 0.1) is 17.4 Å². The number of benzene rings is 1. The summed E-state index contributed by atoms with van der Waals surface area (Å²) in [4.78, 5) is 18.0. The third kappa shape index (κ3) is 1.33. The molecule has 0 fully saturated rings. The van der Waals surface area contributed by atoms with Gasteiger partial charge in [0.25, 0.3) is 0 Å². The fraction of sp³-hybridized carbons (Fsp3) is 0.111. The Bertz CT molecular complexity index is 492. The van der Waals surface area contributed by atoms with Crippen LogP contribution in [-0.2, 0) is 5.88 Å². The van der Waals surface area contributed by atoms with E-state index in [2.05, 4.69) is 9.97 Å². The van der Waals surface area contributed by atoms with Gasteiger partial charge in [-0.15, -0.1) is 11.6 Å². The molecule has 0 radical (unpaired) electrons. The van der Waals surface area contributed by atoms with E-state index in [0.717, 1.165) is 11.1 Å². The number of fused-ring (bicyclic) bond motifs is 1. The molecule has 0 aliphatic carbocycles. The average Bonchev–Trinajstić information content (AvgIpc) is 2.62. The van der Waals surface area contributed by atoms with Gasteiger partial charge in [0.2, 0.25) is 5.91 Å². The summed E-state index contributed by atoms with van der Waals surface area (Å²) in [6, 6.07) is 3.43. The Kier molecular flexibility index (Phi) is 2.13.